The normalized spacial score (nSPS) is 31.6. The Morgan fingerprint density at radius 2 is 2.14 bits per heavy atom. The van der Waals surface area contributed by atoms with Crippen molar-refractivity contribution in [2.75, 3.05) is 19.6 Å². The van der Waals surface area contributed by atoms with Gasteiger partial charge in [-0.2, -0.15) is 5.26 Å². The molecule has 0 aromatic rings. The Balaban J connectivity index is 1.54. The quantitative estimate of drug-likeness (QED) is 0.680. The van der Waals surface area contributed by atoms with Gasteiger partial charge in [0.2, 0.25) is 0 Å². The molecule has 1 saturated heterocycles. The van der Waals surface area contributed by atoms with Crippen molar-refractivity contribution in [2.45, 2.75) is 32.1 Å². The first-order valence-electron chi connectivity index (χ1n) is 5.93. The van der Waals surface area contributed by atoms with E-state index in [0.717, 1.165) is 17.9 Å². The molecule has 1 heterocycles. The topological polar surface area (TPSA) is 27.0 Å². The van der Waals surface area contributed by atoms with Gasteiger partial charge in [-0.15, -0.1) is 0 Å². The summed E-state index contributed by atoms with van der Waals surface area (Å²) in [5, 5.41) is 9.07. The van der Waals surface area contributed by atoms with Crippen LogP contribution in [0.4, 0.5) is 0 Å². The highest BCUT2D eigenvalue weighted by Gasteiger charge is 2.48. The van der Waals surface area contributed by atoms with Crippen LogP contribution in [0, 0.1) is 28.6 Å². The van der Waals surface area contributed by atoms with E-state index in [0.29, 0.717) is 5.92 Å². The van der Waals surface area contributed by atoms with Gasteiger partial charge in [-0.1, -0.05) is 0 Å². The first-order chi connectivity index (χ1) is 6.81. The largest absolute Gasteiger partial charge is 0.301 e. The van der Waals surface area contributed by atoms with E-state index in [1.165, 1.54) is 45.2 Å². The molecule has 76 valence electrons. The number of hydrogen-bond donors (Lipinski definition) is 0. The molecule has 0 aromatic carbocycles. The van der Waals surface area contributed by atoms with Crippen LogP contribution in [0.5, 0.6) is 0 Å². The minimum Gasteiger partial charge on any atom is -0.301 e. The van der Waals surface area contributed by atoms with Crippen molar-refractivity contribution in [1.29, 1.82) is 5.26 Å². The van der Waals surface area contributed by atoms with Crippen molar-refractivity contribution in [3.63, 3.8) is 0 Å². The van der Waals surface area contributed by atoms with Gasteiger partial charge in [-0.25, -0.2) is 0 Å². The van der Waals surface area contributed by atoms with Crippen molar-refractivity contribution in [1.82, 2.24) is 4.90 Å². The fraction of sp³-hybridized carbons (Fsp3) is 0.917. The van der Waals surface area contributed by atoms with Gasteiger partial charge >= 0.3 is 0 Å². The van der Waals surface area contributed by atoms with E-state index in [-0.39, 0.29) is 0 Å². The maximum absolute atomic E-state index is 9.07. The lowest BCUT2D eigenvalue weighted by atomic mass is 10.1. The van der Waals surface area contributed by atoms with Crippen molar-refractivity contribution in [3.8, 4) is 6.07 Å². The molecule has 3 aliphatic rings. The second-order valence-corrected chi connectivity index (χ2v) is 5.56. The number of hydrogen-bond acceptors (Lipinski definition) is 2. The van der Waals surface area contributed by atoms with Crippen LogP contribution in [0.1, 0.15) is 32.1 Å². The summed E-state index contributed by atoms with van der Waals surface area (Å²) in [6, 6.07) is 2.50. The first kappa shape index (κ1) is 8.73. The van der Waals surface area contributed by atoms with E-state index in [1.807, 2.05) is 0 Å². The number of nitrogens with zero attached hydrogens (tertiary/aromatic N) is 2. The summed E-state index contributed by atoms with van der Waals surface area (Å²) >= 11 is 0. The van der Waals surface area contributed by atoms with Crippen molar-refractivity contribution >= 4 is 0 Å². The molecule has 0 aromatic heterocycles. The molecule has 0 amide bonds. The minimum absolute atomic E-state index is 0.337. The molecule has 2 nitrogen and oxygen atoms in total. The zero-order chi connectivity index (χ0) is 9.60. The van der Waals surface area contributed by atoms with Gasteiger partial charge in [0.15, 0.2) is 0 Å². The highest BCUT2D eigenvalue weighted by molar-refractivity contribution is 5.03. The third-order valence-electron chi connectivity index (χ3n) is 4.29. The van der Waals surface area contributed by atoms with Crippen LogP contribution in [0.3, 0.4) is 0 Å². The van der Waals surface area contributed by atoms with Gasteiger partial charge in [0.25, 0.3) is 0 Å². The summed E-state index contributed by atoms with van der Waals surface area (Å²) in [4.78, 5) is 2.54. The van der Waals surface area contributed by atoms with Crippen LogP contribution in [-0.2, 0) is 0 Å². The number of likely N-dealkylation sites (tertiary alicyclic amines) is 1. The number of nitriles is 1. The lowest BCUT2D eigenvalue weighted by molar-refractivity contribution is 0.279. The molecule has 2 heteroatoms. The maximum atomic E-state index is 9.07. The van der Waals surface area contributed by atoms with Gasteiger partial charge in [0.05, 0.1) is 12.0 Å². The molecule has 3 rings (SSSR count). The van der Waals surface area contributed by atoms with Crippen LogP contribution in [0.15, 0.2) is 0 Å². The van der Waals surface area contributed by atoms with Crippen molar-refractivity contribution in [2.24, 2.45) is 17.3 Å². The predicted molar refractivity (Wildman–Crippen MR) is 54.6 cm³/mol. The van der Waals surface area contributed by atoms with E-state index in [9.17, 15) is 0 Å². The Bertz CT molecular complexity index is 271. The van der Waals surface area contributed by atoms with Crippen LogP contribution in [0.25, 0.3) is 0 Å². The minimum atomic E-state index is 0.337. The zero-order valence-corrected chi connectivity index (χ0v) is 8.71. The van der Waals surface area contributed by atoms with Gasteiger partial charge in [-0.3, -0.25) is 0 Å². The molecule has 1 atom stereocenters. The zero-order valence-electron chi connectivity index (χ0n) is 8.71. The molecule has 14 heavy (non-hydrogen) atoms. The van der Waals surface area contributed by atoms with Crippen LogP contribution in [-0.4, -0.2) is 24.5 Å². The Kier molecular flexibility index (Phi) is 1.85. The van der Waals surface area contributed by atoms with Gasteiger partial charge < -0.3 is 4.90 Å². The lowest BCUT2D eigenvalue weighted by Crippen LogP contribution is -2.28. The summed E-state index contributed by atoms with van der Waals surface area (Å²) in [6.45, 7) is 3.60. The predicted octanol–water partition coefficient (Wildman–Crippen LogP) is 2.02. The highest BCUT2D eigenvalue weighted by atomic mass is 15.2. The second kappa shape index (κ2) is 2.97. The molecule has 2 saturated carbocycles. The molecule has 2 aliphatic carbocycles. The lowest BCUT2D eigenvalue weighted by Gasteiger charge is -2.18. The van der Waals surface area contributed by atoms with E-state index in [2.05, 4.69) is 11.0 Å². The molecule has 1 aliphatic heterocycles. The monoisotopic (exact) mass is 190 g/mol. The molecule has 0 N–H and O–H groups in total. The molecule has 1 unspecified atom stereocenters. The summed E-state index contributed by atoms with van der Waals surface area (Å²) in [5.41, 5.74) is 0.726. The highest BCUT2D eigenvalue weighted by Crippen LogP contribution is 2.53. The van der Waals surface area contributed by atoms with E-state index in [4.69, 9.17) is 5.26 Å². The smallest absolute Gasteiger partial charge is 0.0672 e. The Morgan fingerprint density at radius 3 is 2.64 bits per heavy atom. The van der Waals surface area contributed by atoms with Gasteiger partial charge in [0.1, 0.15) is 0 Å². The third-order valence-corrected chi connectivity index (χ3v) is 4.29. The maximum Gasteiger partial charge on any atom is 0.0672 e. The van der Waals surface area contributed by atoms with Crippen molar-refractivity contribution in [3.05, 3.63) is 0 Å². The van der Waals surface area contributed by atoms with E-state index < -0.39 is 0 Å². The molecule has 0 radical (unpaired) electrons. The fourth-order valence-electron chi connectivity index (χ4n) is 2.84. The summed E-state index contributed by atoms with van der Waals surface area (Å²) in [6.07, 6.45) is 6.90. The fourth-order valence-corrected chi connectivity index (χ4v) is 2.84. The van der Waals surface area contributed by atoms with E-state index in [1.54, 1.807) is 0 Å². The number of rotatable bonds is 3. The molecule has 1 spiro atoms. The SMILES string of the molecule is N#CC(CN1CCC2(CC2)C1)C1CC1. The summed E-state index contributed by atoms with van der Waals surface area (Å²) in [7, 11) is 0. The molecular formula is C12H18N2. The first-order valence-corrected chi connectivity index (χ1v) is 5.93. The summed E-state index contributed by atoms with van der Waals surface area (Å²) < 4.78 is 0. The average Bonchev–Trinajstić information content (AvgIpc) is 3.04. The Morgan fingerprint density at radius 1 is 1.36 bits per heavy atom. The standard InChI is InChI=1S/C12H18N2/c13-7-11(10-1-2-10)8-14-6-5-12(9-14)3-4-12/h10-11H,1-6,8-9H2. The van der Waals surface area contributed by atoms with Crippen LogP contribution < -0.4 is 0 Å². The van der Waals surface area contributed by atoms with Gasteiger partial charge in [-0.05, 0) is 50.0 Å². The van der Waals surface area contributed by atoms with Crippen LogP contribution in [0.2, 0.25) is 0 Å². The molecule has 0 bridgehead atoms. The summed E-state index contributed by atoms with van der Waals surface area (Å²) in [5.74, 6) is 1.08. The van der Waals surface area contributed by atoms with E-state index >= 15 is 0 Å². The molecular weight excluding hydrogens is 172 g/mol. The Labute approximate surface area is 85.9 Å². The third kappa shape index (κ3) is 1.54. The van der Waals surface area contributed by atoms with Gasteiger partial charge in [0, 0.05) is 13.1 Å². The molecule has 3 fully saturated rings. The van der Waals surface area contributed by atoms with Crippen LogP contribution >= 0.6 is 0 Å². The average molecular weight is 190 g/mol. The Hall–Kier alpha value is -0.550. The second-order valence-electron chi connectivity index (χ2n) is 5.56. The van der Waals surface area contributed by atoms with Crippen molar-refractivity contribution < 1.29 is 0 Å².